The monoisotopic (exact) mass is 447 g/mol. The molecule has 0 saturated carbocycles. The van der Waals surface area contributed by atoms with Gasteiger partial charge in [0.1, 0.15) is 11.5 Å². The van der Waals surface area contributed by atoms with Crippen molar-refractivity contribution in [3.8, 4) is 11.5 Å². The highest BCUT2D eigenvalue weighted by atomic mass is 19.4. The summed E-state index contributed by atoms with van der Waals surface area (Å²) in [4.78, 5) is 21.2. The number of aryl methyl sites for hydroxylation is 1. The number of aromatic nitrogens is 5. The maximum Gasteiger partial charge on any atom is 0.391 e. The molecule has 1 fully saturated rings. The third-order valence-corrected chi connectivity index (χ3v) is 5.77. The summed E-state index contributed by atoms with van der Waals surface area (Å²) in [7, 11) is 1.81. The van der Waals surface area contributed by atoms with E-state index in [1.807, 2.05) is 14.0 Å². The van der Waals surface area contributed by atoms with Crippen molar-refractivity contribution in [3.63, 3.8) is 0 Å². The Labute approximate surface area is 182 Å². The molecule has 0 radical (unpaired) electrons. The van der Waals surface area contributed by atoms with E-state index in [0.29, 0.717) is 54.0 Å². The van der Waals surface area contributed by atoms with Crippen LogP contribution in [0, 0.1) is 12.8 Å². The van der Waals surface area contributed by atoms with Gasteiger partial charge in [0.05, 0.1) is 18.2 Å². The number of carbonyl (C=O) groups is 1. The van der Waals surface area contributed by atoms with Crippen LogP contribution < -0.4 is 10.6 Å². The number of rotatable bonds is 5. The first-order chi connectivity index (χ1) is 15.2. The second-order valence-corrected chi connectivity index (χ2v) is 8.06. The maximum absolute atomic E-state index is 13.3. The highest BCUT2D eigenvalue weighted by molar-refractivity contribution is 5.84. The molecule has 11 heteroatoms. The molecule has 0 bridgehead atoms. The standard InChI is InChI=1S/C21H24F3N7O/c1-12-29-30-19(31(12)2)17-8-14-7-16(26-10-15(14)11-27-17)18(9-21(22,23)24)28-20(32)13-3-5-25-6-4-13/h7-8,10-11,13,18,25H,3-6,9H2,1-2H3,(H,28,32). The lowest BCUT2D eigenvalue weighted by Gasteiger charge is -2.26. The molecule has 3 aromatic heterocycles. The van der Waals surface area contributed by atoms with Crippen LogP contribution in [0.1, 0.15) is 36.8 Å². The molecule has 170 valence electrons. The zero-order valence-electron chi connectivity index (χ0n) is 17.8. The van der Waals surface area contributed by atoms with Gasteiger partial charge < -0.3 is 15.2 Å². The van der Waals surface area contributed by atoms with E-state index in [4.69, 9.17) is 0 Å². The van der Waals surface area contributed by atoms with E-state index in [9.17, 15) is 18.0 Å². The van der Waals surface area contributed by atoms with Crippen molar-refractivity contribution in [2.75, 3.05) is 13.1 Å². The van der Waals surface area contributed by atoms with Crippen LogP contribution in [0.5, 0.6) is 0 Å². The third-order valence-electron chi connectivity index (χ3n) is 5.77. The lowest BCUT2D eigenvalue weighted by molar-refractivity contribution is -0.144. The maximum atomic E-state index is 13.3. The molecule has 0 spiro atoms. The normalized spacial score (nSPS) is 16.3. The van der Waals surface area contributed by atoms with Gasteiger partial charge in [0.25, 0.3) is 0 Å². The van der Waals surface area contributed by atoms with Crippen LogP contribution in [0.4, 0.5) is 13.2 Å². The van der Waals surface area contributed by atoms with Crippen molar-refractivity contribution in [3.05, 3.63) is 36.0 Å². The average molecular weight is 447 g/mol. The predicted octanol–water partition coefficient (Wildman–Crippen LogP) is 2.84. The van der Waals surface area contributed by atoms with Crippen molar-refractivity contribution >= 4 is 16.7 Å². The molecule has 1 amide bonds. The van der Waals surface area contributed by atoms with Gasteiger partial charge in [0.15, 0.2) is 5.82 Å². The van der Waals surface area contributed by atoms with E-state index >= 15 is 0 Å². The van der Waals surface area contributed by atoms with Crippen molar-refractivity contribution in [1.82, 2.24) is 35.4 Å². The zero-order chi connectivity index (χ0) is 22.9. The van der Waals surface area contributed by atoms with E-state index in [-0.39, 0.29) is 17.5 Å². The smallest absolute Gasteiger partial charge is 0.347 e. The molecule has 2 N–H and O–H groups in total. The quantitative estimate of drug-likeness (QED) is 0.624. The van der Waals surface area contributed by atoms with Crippen LogP contribution in [0.2, 0.25) is 0 Å². The number of fused-ring (bicyclic) bond motifs is 1. The van der Waals surface area contributed by atoms with Gasteiger partial charge in [-0.2, -0.15) is 13.2 Å². The Hall–Kier alpha value is -3.08. The van der Waals surface area contributed by atoms with Gasteiger partial charge in [-0.25, -0.2) is 0 Å². The minimum Gasteiger partial charge on any atom is -0.347 e. The Morgan fingerprint density at radius 1 is 1.19 bits per heavy atom. The predicted molar refractivity (Wildman–Crippen MR) is 111 cm³/mol. The third kappa shape index (κ3) is 4.87. The molecule has 1 atom stereocenters. The Kier molecular flexibility index (Phi) is 6.09. The number of piperidine rings is 1. The minimum absolute atomic E-state index is 0.156. The van der Waals surface area contributed by atoms with Crippen molar-refractivity contribution in [2.24, 2.45) is 13.0 Å². The summed E-state index contributed by atoms with van der Waals surface area (Å²) in [6.07, 6.45) is -1.38. The number of hydrogen-bond acceptors (Lipinski definition) is 6. The van der Waals surface area contributed by atoms with Crippen molar-refractivity contribution in [1.29, 1.82) is 0 Å². The second kappa shape index (κ2) is 8.81. The largest absolute Gasteiger partial charge is 0.391 e. The van der Waals surface area contributed by atoms with Crippen LogP contribution in [-0.4, -0.2) is 49.9 Å². The molecule has 1 aliphatic rings. The first-order valence-electron chi connectivity index (χ1n) is 10.4. The summed E-state index contributed by atoms with van der Waals surface area (Å²) in [6, 6.07) is 2.04. The van der Waals surface area contributed by atoms with E-state index < -0.39 is 18.6 Å². The van der Waals surface area contributed by atoms with Crippen LogP contribution in [0.25, 0.3) is 22.3 Å². The molecule has 3 aromatic rings. The number of pyridine rings is 2. The number of hydrogen-bond donors (Lipinski definition) is 2. The first-order valence-corrected chi connectivity index (χ1v) is 10.4. The van der Waals surface area contributed by atoms with Crippen LogP contribution in [0.15, 0.2) is 24.5 Å². The van der Waals surface area contributed by atoms with Gasteiger partial charge in [0.2, 0.25) is 5.91 Å². The highest BCUT2D eigenvalue weighted by Gasteiger charge is 2.35. The number of nitrogens with zero attached hydrogens (tertiary/aromatic N) is 5. The van der Waals surface area contributed by atoms with E-state index in [1.54, 1.807) is 22.9 Å². The average Bonchev–Trinajstić information content (AvgIpc) is 3.10. The Morgan fingerprint density at radius 2 is 1.91 bits per heavy atom. The fourth-order valence-electron chi connectivity index (χ4n) is 3.83. The van der Waals surface area contributed by atoms with E-state index in [2.05, 4.69) is 30.8 Å². The molecule has 32 heavy (non-hydrogen) atoms. The Bertz CT molecular complexity index is 1120. The SMILES string of the molecule is Cc1nnc(-c2cc3cc(C(CC(F)(F)F)NC(=O)C4CCNCC4)ncc3cn2)n1C. The summed E-state index contributed by atoms with van der Waals surface area (Å²) in [5.41, 5.74) is 0.701. The summed E-state index contributed by atoms with van der Waals surface area (Å²) in [6.45, 7) is 3.16. The molecule has 0 aliphatic carbocycles. The molecule has 1 aliphatic heterocycles. The van der Waals surface area contributed by atoms with E-state index in [1.165, 1.54) is 6.20 Å². The molecule has 8 nitrogen and oxygen atoms in total. The molecule has 0 aromatic carbocycles. The van der Waals surface area contributed by atoms with Gasteiger partial charge in [0, 0.05) is 30.7 Å². The molecular weight excluding hydrogens is 423 g/mol. The summed E-state index contributed by atoms with van der Waals surface area (Å²) >= 11 is 0. The summed E-state index contributed by atoms with van der Waals surface area (Å²) in [5, 5.41) is 15.2. The zero-order valence-corrected chi connectivity index (χ0v) is 17.8. The number of nitrogens with one attached hydrogen (secondary N) is 2. The highest BCUT2D eigenvalue weighted by Crippen LogP contribution is 2.31. The fraction of sp³-hybridized carbons (Fsp3) is 0.476. The van der Waals surface area contributed by atoms with Crippen molar-refractivity contribution < 1.29 is 18.0 Å². The van der Waals surface area contributed by atoms with Gasteiger partial charge in [-0.3, -0.25) is 14.8 Å². The topological polar surface area (TPSA) is 97.6 Å². The summed E-state index contributed by atoms with van der Waals surface area (Å²) in [5.74, 6) is 0.590. The second-order valence-electron chi connectivity index (χ2n) is 8.06. The Morgan fingerprint density at radius 3 is 2.56 bits per heavy atom. The molecule has 1 unspecified atom stereocenters. The number of halogens is 3. The number of alkyl halides is 3. The lowest BCUT2D eigenvalue weighted by atomic mass is 9.96. The minimum atomic E-state index is -4.46. The Balaban J connectivity index is 1.66. The molecule has 4 heterocycles. The fourth-order valence-corrected chi connectivity index (χ4v) is 3.83. The van der Waals surface area contributed by atoms with Gasteiger partial charge >= 0.3 is 6.18 Å². The lowest BCUT2D eigenvalue weighted by Crippen LogP contribution is -2.40. The molecule has 4 rings (SSSR count). The number of carbonyl (C=O) groups excluding carboxylic acids is 1. The van der Waals surface area contributed by atoms with Crippen LogP contribution in [0.3, 0.4) is 0 Å². The number of amides is 1. The van der Waals surface area contributed by atoms with Gasteiger partial charge in [-0.15, -0.1) is 10.2 Å². The van der Waals surface area contributed by atoms with Gasteiger partial charge in [-0.1, -0.05) is 0 Å². The first kappa shape index (κ1) is 22.1. The van der Waals surface area contributed by atoms with Crippen LogP contribution in [-0.2, 0) is 11.8 Å². The van der Waals surface area contributed by atoms with E-state index in [0.717, 1.165) is 0 Å². The van der Waals surface area contributed by atoms with Crippen LogP contribution >= 0.6 is 0 Å². The summed E-state index contributed by atoms with van der Waals surface area (Å²) < 4.78 is 41.7. The molecule has 1 saturated heterocycles. The van der Waals surface area contributed by atoms with Crippen molar-refractivity contribution in [2.45, 2.75) is 38.4 Å². The van der Waals surface area contributed by atoms with Gasteiger partial charge in [-0.05, 0) is 50.4 Å². The molecular formula is C21H24F3N7O.